The van der Waals surface area contributed by atoms with E-state index in [1.165, 1.54) is 6.07 Å². The number of halogens is 1. The van der Waals surface area contributed by atoms with Gasteiger partial charge >= 0.3 is 0 Å². The van der Waals surface area contributed by atoms with Crippen LogP contribution in [-0.4, -0.2) is 20.2 Å². The summed E-state index contributed by atoms with van der Waals surface area (Å²) < 4.78 is 2.75. The molecule has 0 unspecified atom stereocenters. The zero-order valence-corrected chi connectivity index (χ0v) is 14.3. The van der Waals surface area contributed by atoms with Crippen LogP contribution in [0.4, 0.5) is 5.69 Å². The smallest absolute Gasteiger partial charge is 0.285 e. The summed E-state index contributed by atoms with van der Waals surface area (Å²) in [5.74, 6) is -0.497. The minimum Gasteiger partial charge on any atom is -0.346 e. The number of aryl methyl sites for hydroxylation is 1. The molecule has 24 heavy (non-hydrogen) atoms. The van der Waals surface area contributed by atoms with E-state index in [2.05, 4.69) is 26.2 Å². The second kappa shape index (κ2) is 6.40. The zero-order valence-electron chi connectivity index (χ0n) is 12.7. The van der Waals surface area contributed by atoms with Crippen LogP contribution in [0.25, 0.3) is 5.65 Å². The molecule has 7 nitrogen and oxygen atoms in total. The van der Waals surface area contributed by atoms with Gasteiger partial charge in [-0.25, -0.2) is 4.98 Å². The highest BCUT2D eigenvalue weighted by Crippen LogP contribution is 2.23. The van der Waals surface area contributed by atoms with Gasteiger partial charge in [-0.1, -0.05) is 12.1 Å². The van der Waals surface area contributed by atoms with Crippen LogP contribution in [0.1, 0.15) is 21.6 Å². The summed E-state index contributed by atoms with van der Waals surface area (Å²) in [5, 5.41) is 13.9. The van der Waals surface area contributed by atoms with Crippen LogP contribution in [0.5, 0.6) is 0 Å². The van der Waals surface area contributed by atoms with Gasteiger partial charge in [0.2, 0.25) is 0 Å². The third kappa shape index (κ3) is 3.13. The van der Waals surface area contributed by atoms with Crippen molar-refractivity contribution in [2.24, 2.45) is 0 Å². The number of hydrogen-bond acceptors (Lipinski definition) is 4. The van der Waals surface area contributed by atoms with E-state index in [0.717, 1.165) is 10.1 Å². The van der Waals surface area contributed by atoms with Gasteiger partial charge in [-0.05, 0) is 41.1 Å². The number of carbonyl (C=O) groups excluding carboxylic acids is 1. The quantitative estimate of drug-likeness (QED) is 0.548. The molecule has 0 bridgehead atoms. The fourth-order valence-corrected chi connectivity index (χ4v) is 2.81. The SMILES string of the molecule is Cc1cccc(C(=O)NCc2cn3cc(Br)ccc3n2)c1[N+](=O)[O-]. The Morgan fingerprint density at radius 2 is 2.12 bits per heavy atom. The first-order valence-electron chi connectivity index (χ1n) is 7.11. The summed E-state index contributed by atoms with van der Waals surface area (Å²) in [6.45, 7) is 1.79. The lowest BCUT2D eigenvalue weighted by atomic mass is 10.1. The van der Waals surface area contributed by atoms with Crippen LogP contribution in [-0.2, 0) is 6.54 Å². The van der Waals surface area contributed by atoms with Crippen LogP contribution in [0.2, 0.25) is 0 Å². The molecule has 0 atom stereocenters. The molecule has 2 aromatic heterocycles. The predicted molar refractivity (Wildman–Crippen MR) is 91.9 cm³/mol. The number of nitrogens with zero attached hydrogens (tertiary/aromatic N) is 3. The van der Waals surface area contributed by atoms with Crippen molar-refractivity contribution in [1.82, 2.24) is 14.7 Å². The summed E-state index contributed by atoms with van der Waals surface area (Å²) in [6.07, 6.45) is 3.66. The van der Waals surface area contributed by atoms with E-state index in [1.54, 1.807) is 25.3 Å². The molecule has 3 aromatic rings. The van der Waals surface area contributed by atoms with Crippen molar-refractivity contribution in [1.29, 1.82) is 0 Å². The number of benzene rings is 1. The lowest BCUT2D eigenvalue weighted by Crippen LogP contribution is -2.24. The van der Waals surface area contributed by atoms with E-state index in [-0.39, 0.29) is 17.8 Å². The van der Waals surface area contributed by atoms with Crippen molar-refractivity contribution in [3.8, 4) is 0 Å². The van der Waals surface area contributed by atoms with Crippen LogP contribution in [0.15, 0.2) is 47.2 Å². The number of imidazole rings is 1. The number of aromatic nitrogens is 2. The number of nitro groups is 1. The first-order chi connectivity index (χ1) is 11.5. The Morgan fingerprint density at radius 1 is 1.33 bits per heavy atom. The van der Waals surface area contributed by atoms with Gasteiger partial charge in [0, 0.05) is 22.4 Å². The van der Waals surface area contributed by atoms with Gasteiger partial charge < -0.3 is 9.72 Å². The zero-order chi connectivity index (χ0) is 17.3. The van der Waals surface area contributed by atoms with Crippen LogP contribution in [0.3, 0.4) is 0 Å². The molecule has 0 fully saturated rings. The van der Waals surface area contributed by atoms with E-state index in [4.69, 9.17) is 0 Å². The summed E-state index contributed by atoms with van der Waals surface area (Å²) in [7, 11) is 0. The maximum atomic E-state index is 12.3. The van der Waals surface area contributed by atoms with Crippen molar-refractivity contribution < 1.29 is 9.72 Å². The van der Waals surface area contributed by atoms with E-state index in [1.807, 2.05) is 22.7 Å². The van der Waals surface area contributed by atoms with E-state index in [9.17, 15) is 14.9 Å². The van der Waals surface area contributed by atoms with Crippen molar-refractivity contribution in [3.05, 3.63) is 74.1 Å². The fraction of sp³-hybridized carbons (Fsp3) is 0.125. The van der Waals surface area contributed by atoms with E-state index in [0.29, 0.717) is 11.3 Å². The molecule has 0 spiro atoms. The highest BCUT2D eigenvalue weighted by Gasteiger charge is 2.22. The number of para-hydroxylation sites is 1. The molecular weight excluding hydrogens is 376 g/mol. The number of hydrogen-bond donors (Lipinski definition) is 1. The molecule has 1 amide bonds. The molecule has 122 valence electrons. The highest BCUT2D eigenvalue weighted by molar-refractivity contribution is 9.10. The molecule has 0 aliphatic heterocycles. The Morgan fingerprint density at radius 3 is 2.88 bits per heavy atom. The molecule has 3 rings (SSSR count). The molecule has 0 aliphatic carbocycles. The summed E-state index contributed by atoms with van der Waals surface area (Å²) >= 11 is 3.38. The minimum absolute atomic E-state index is 0.0477. The van der Waals surface area contributed by atoms with Gasteiger partial charge in [-0.2, -0.15) is 0 Å². The molecule has 0 saturated heterocycles. The van der Waals surface area contributed by atoms with Crippen LogP contribution >= 0.6 is 15.9 Å². The maximum Gasteiger partial charge on any atom is 0.285 e. The molecule has 8 heteroatoms. The molecular formula is C16H13BrN4O3. The van der Waals surface area contributed by atoms with Gasteiger partial charge in [0.25, 0.3) is 11.6 Å². The van der Waals surface area contributed by atoms with Crippen molar-refractivity contribution in [2.45, 2.75) is 13.5 Å². The number of rotatable bonds is 4. The van der Waals surface area contributed by atoms with Crippen LogP contribution in [0, 0.1) is 17.0 Å². The van der Waals surface area contributed by atoms with Crippen molar-refractivity contribution in [2.75, 3.05) is 0 Å². The Hall–Kier alpha value is -2.74. The number of fused-ring (bicyclic) bond motifs is 1. The predicted octanol–water partition coefficient (Wildman–Crippen LogP) is 3.24. The van der Waals surface area contributed by atoms with Gasteiger partial charge in [0.1, 0.15) is 11.2 Å². The molecule has 0 saturated carbocycles. The number of amides is 1. The number of nitro benzene ring substituents is 1. The summed E-state index contributed by atoms with van der Waals surface area (Å²) in [6, 6.07) is 8.40. The molecule has 0 aliphatic rings. The van der Waals surface area contributed by atoms with Crippen LogP contribution < -0.4 is 5.32 Å². The van der Waals surface area contributed by atoms with Gasteiger partial charge in [-0.3, -0.25) is 14.9 Å². The third-order valence-electron chi connectivity index (χ3n) is 3.56. The third-order valence-corrected chi connectivity index (χ3v) is 4.03. The maximum absolute atomic E-state index is 12.3. The second-order valence-corrected chi connectivity index (χ2v) is 6.17. The number of nitrogens with one attached hydrogen (secondary N) is 1. The average molecular weight is 389 g/mol. The topological polar surface area (TPSA) is 89.5 Å². The summed E-state index contributed by atoms with van der Waals surface area (Å²) in [4.78, 5) is 27.3. The standard InChI is InChI=1S/C16H13BrN4O3/c1-10-3-2-4-13(15(10)21(23)24)16(22)18-7-12-9-20-8-11(17)5-6-14(20)19-12/h2-6,8-9H,7H2,1H3,(H,18,22). The Labute approximate surface area is 145 Å². The number of carbonyl (C=O) groups is 1. The first kappa shape index (κ1) is 16.1. The fourth-order valence-electron chi connectivity index (χ4n) is 2.45. The largest absolute Gasteiger partial charge is 0.346 e. The normalized spacial score (nSPS) is 10.8. The van der Waals surface area contributed by atoms with E-state index >= 15 is 0 Å². The Bertz CT molecular complexity index is 952. The number of pyridine rings is 1. The molecule has 2 heterocycles. The van der Waals surface area contributed by atoms with Gasteiger partial charge in [0.05, 0.1) is 17.2 Å². The monoisotopic (exact) mass is 388 g/mol. The van der Waals surface area contributed by atoms with E-state index < -0.39 is 10.8 Å². The first-order valence-corrected chi connectivity index (χ1v) is 7.90. The second-order valence-electron chi connectivity index (χ2n) is 5.26. The average Bonchev–Trinajstić information content (AvgIpc) is 2.93. The summed E-state index contributed by atoms with van der Waals surface area (Å²) in [5.41, 5.74) is 1.74. The van der Waals surface area contributed by atoms with Crippen molar-refractivity contribution in [3.63, 3.8) is 0 Å². The Balaban J connectivity index is 1.80. The van der Waals surface area contributed by atoms with Crippen molar-refractivity contribution >= 4 is 33.2 Å². The molecule has 0 radical (unpaired) electrons. The van der Waals surface area contributed by atoms with Gasteiger partial charge in [-0.15, -0.1) is 0 Å². The lowest BCUT2D eigenvalue weighted by Gasteiger charge is -2.05. The highest BCUT2D eigenvalue weighted by atomic mass is 79.9. The molecule has 1 N–H and O–H groups in total. The molecule has 1 aromatic carbocycles. The van der Waals surface area contributed by atoms with Gasteiger partial charge in [0.15, 0.2) is 0 Å². The lowest BCUT2D eigenvalue weighted by molar-refractivity contribution is -0.385. The Kier molecular flexibility index (Phi) is 4.30. The minimum atomic E-state index is -0.535.